The lowest BCUT2D eigenvalue weighted by Gasteiger charge is -2.22. The second-order valence-corrected chi connectivity index (χ2v) is 5.32. The Kier molecular flexibility index (Phi) is 10.6. The van der Waals surface area contributed by atoms with Crippen molar-refractivity contribution in [3.05, 3.63) is 0 Å². The summed E-state index contributed by atoms with van der Waals surface area (Å²) in [6.45, 7) is 9.55. The maximum atomic E-state index is 9.64. The van der Waals surface area contributed by atoms with Gasteiger partial charge in [-0.1, -0.05) is 0 Å². The van der Waals surface area contributed by atoms with Crippen molar-refractivity contribution in [1.82, 2.24) is 5.32 Å². The van der Waals surface area contributed by atoms with Crippen LogP contribution in [0.3, 0.4) is 0 Å². The van der Waals surface area contributed by atoms with Crippen molar-refractivity contribution < 1.29 is 19.3 Å². The first-order valence-corrected chi connectivity index (χ1v) is 6.53. The molecule has 0 amide bonds. The monoisotopic (exact) mass is 263 g/mol. The minimum atomic E-state index is -0.474. The van der Waals surface area contributed by atoms with Crippen molar-refractivity contribution in [3.8, 4) is 0 Å². The molecule has 1 atom stereocenters. The molecule has 0 radical (unpaired) electrons. The van der Waals surface area contributed by atoms with E-state index in [0.29, 0.717) is 33.0 Å². The van der Waals surface area contributed by atoms with Gasteiger partial charge in [0.2, 0.25) is 0 Å². The lowest BCUT2D eigenvalue weighted by Crippen LogP contribution is -2.42. The topological polar surface area (TPSA) is 60.0 Å². The van der Waals surface area contributed by atoms with Gasteiger partial charge in [-0.25, -0.2) is 0 Å². The number of nitrogens with one attached hydrogen (secondary N) is 1. The van der Waals surface area contributed by atoms with Gasteiger partial charge >= 0.3 is 0 Å². The lowest BCUT2D eigenvalue weighted by molar-refractivity contribution is 0.000193. The van der Waals surface area contributed by atoms with Crippen LogP contribution in [0.15, 0.2) is 0 Å². The zero-order valence-corrected chi connectivity index (χ0v) is 12.2. The molecule has 0 aromatic rings. The molecule has 18 heavy (non-hydrogen) atoms. The van der Waals surface area contributed by atoms with Gasteiger partial charge in [0.25, 0.3) is 0 Å². The van der Waals surface area contributed by atoms with E-state index in [9.17, 15) is 5.11 Å². The van der Waals surface area contributed by atoms with Crippen LogP contribution in [0.4, 0.5) is 0 Å². The quantitative estimate of drug-likeness (QED) is 0.540. The molecule has 0 aromatic carbocycles. The van der Waals surface area contributed by atoms with Gasteiger partial charge in [0.15, 0.2) is 0 Å². The van der Waals surface area contributed by atoms with Gasteiger partial charge in [0.1, 0.15) is 0 Å². The molecule has 0 rings (SSSR count). The first-order valence-electron chi connectivity index (χ1n) is 6.53. The third-order valence-electron chi connectivity index (χ3n) is 2.19. The van der Waals surface area contributed by atoms with E-state index in [1.807, 2.05) is 0 Å². The first kappa shape index (κ1) is 17.8. The number of aliphatic hydroxyl groups is 1. The van der Waals surface area contributed by atoms with Crippen LogP contribution in [0.1, 0.15) is 27.2 Å². The van der Waals surface area contributed by atoms with Crippen LogP contribution in [0.25, 0.3) is 0 Å². The van der Waals surface area contributed by atoms with Crippen LogP contribution in [-0.4, -0.2) is 63.4 Å². The molecule has 0 saturated heterocycles. The minimum Gasteiger partial charge on any atom is -0.389 e. The van der Waals surface area contributed by atoms with Crippen molar-refractivity contribution in [2.75, 3.05) is 46.7 Å². The highest BCUT2D eigenvalue weighted by atomic mass is 16.5. The van der Waals surface area contributed by atoms with Crippen LogP contribution in [0.5, 0.6) is 0 Å². The zero-order chi connectivity index (χ0) is 13.9. The maximum Gasteiger partial charge on any atom is 0.0897 e. The Balaban J connectivity index is 3.23. The third-order valence-corrected chi connectivity index (χ3v) is 2.19. The number of methoxy groups -OCH3 is 1. The molecular weight excluding hydrogens is 234 g/mol. The molecule has 0 aliphatic heterocycles. The summed E-state index contributed by atoms with van der Waals surface area (Å²) in [6.07, 6.45) is 0.423. The number of β-amino-alcohol motifs (C(OH)–C–C–N with tert-alkyl or cyclic N) is 1. The highest BCUT2D eigenvalue weighted by Crippen LogP contribution is 1.98. The molecule has 0 aliphatic carbocycles. The van der Waals surface area contributed by atoms with Crippen molar-refractivity contribution in [2.45, 2.75) is 38.8 Å². The van der Waals surface area contributed by atoms with E-state index in [2.05, 4.69) is 26.1 Å². The molecule has 0 fully saturated rings. The molecule has 1 unspecified atom stereocenters. The molecule has 0 bridgehead atoms. The molecule has 0 heterocycles. The summed E-state index contributed by atoms with van der Waals surface area (Å²) >= 11 is 0. The number of rotatable bonds is 11. The molecular formula is C13H29NO4. The minimum absolute atomic E-state index is 0.0193. The molecule has 5 heteroatoms. The average Bonchev–Trinajstić information content (AvgIpc) is 2.29. The predicted octanol–water partition coefficient (Wildman–Crippen LogP) is 0.805. The Hall–Kier alpha value is -0.200. The number of hydrogen-bond acceptors (Lipinski definition) is 5. The van der Waals surface area contributed by atoms with Gasteiger partial charge in [-0.3, -0.25) is 0 Å². The van der Waals surface area contributed by atoms with Gasteiger partial charge in [-0.2, -0.15) is 0 Å². The summed E-state index contributed by atoms with van der Waals surface area (Å²) < 4.78 is 15.6. The molecule has 0 spiro atoms. The summed E-state index contributed by atoms with van der Waals surface area (Å²) in [6, 6.07) is 0. The molecule has 0 aromatic heterocycles. The van der Waals surface area contributed by atoms with E-state index in [1.165, 1.54) is 0 Å². The Morgan fingerprint density at radius 3 is 2.33 bits per heavy atom. The number of hydrogen-bond donors (Lipinski definition) is 2. The summed E-state index contributed by atoms with van der Waals surface area (Å²) in [7, 11) is 1.68. The van der Waals surface area contributed by atoms with E-state index in [4.69, 9.17) is 14.2 Å². The van der Waals surface area contributed by atoms with E-state index < -0.39 is 6.10 Å². The van der Waals surface area contributed by atoms with Crippen molar-refractivity contribution in [2.24, 2.45) is 0 Å². The molecule has 0 saturated carbocycles. The Morgan fingerprint density at radius 2 is 1.72 bits per heavy atom. The molecule has 0 aliphatic rings. The lowest BCUT2D eigenvalue weighted by atomic mass is 10.1. The third kappa shape index (κ3) is 13.9. The fourth-order valence-electron chi connectivity index (χ4n) is 1.23. The van der Waals surface area contributed by atoms with Crippen molar-refractivity contribution in [3.63, 3.8) is 0 Å². The SMILES string of the molecule is COCCCOCCOCC(O)CNC(C)(C)C. The van der Waals surface area contributed by atoms with Gasteiger partial charge in [0.05, 0.1) is 25.9 Å². The second kappa shape index (κ2) is 10.7. The fourth-order valence-corrected chi connectivity index (χ4v) is 1.23. The van der Waals surface area contributed by atoms with Crippen LogP contribution in [-0.2, 0) is 14.2 Å². The maximum absolute atomic E-state index is 9.64. The number of ether oxygens (including phenoxy) is 3. The predicted molar refractivity (Wildman–Crippen MR) is 71.9 cm³/mol. The van der Waals surface area contributed by atoms with Crippen LogP contribution in [0, 0.1) is 0 Å². The molecule has 5 nitrogen and oxygen atoms in total. The second-order valence-electron chi connectivity index (χ2n) is 5.32. The summed E-state index contributed by atoms with van der Waals surface area (Å²) in [5, 5.41) is 12.9. The Bertz CT molecular complexity index is 182. The van der Waals surface area contributed by atoms with Crippen molar-refractivity contribution in [1.29, 1.82) is 0 Å². The van der Waals surface area contributed by atoms with E-state index in [1.54, 1.807) is 7.11 Å². The number of aliphatic hydroxyl groups excluding tert-OH is 1. The smallest absolute Gasteiger partial charge is 0.0897 e. The van der Waals surface area contributed by atoms with Crippen molar-refractivity contribution >= 4 is 0 Å². The molecule has 110 valence electrons. The van der Waals surface area contributed by atoms with Gasteiger partial charge < -0.3 is 24.6 Å². The molecule has 2 N–H and O–H groups in total. The van der Waals surface area contributed by atoms with E-state index in [-0.39, 0.29) is 5.54 Å². The first-order chi connectivity index (χ1) is 8.45. The van der Waals surface area contributed by atoms with Crippen LogP contribution < -0.4 is 5.32 Å². The average molecular weight is 263 g/mol. The summed E-state index contributed by atoms with van der Waals surface area (Å²) in [4.78, 5) is 0. The Morgan fingerprint density at radius 1 is 1.06 bits per heavy atom. The summed E-state index contributed by atoms with van der Waals surface area (Å²) in [5.74, 6) is 0. The van der Waals surface area contributed by atoms with Gasteiger partial charge in [0, 0.05) is 32.4 Å². The normalized spacial score (nSPS) is 13.8. The van der Waals surface area contributed by atoms with Gasteiger partial charge in [-0.05, 0) is 27.2 Å². The van der Waals surface area contributed by atoms with Crippen LogP contribution >= 0.6 is 0 Å². The van der Waals surface area contributed by atoms with Crippen LogP contribution in [0.2, 0.25) is 0 Å². The van der Waals surface area contributed by atoms with E-state index >= 15 is 0 Å². The van der Waals surface area contributed by atoms with E-state index in [0.717, 1.165) is 13.0 Å². The zero-order valence-electron chi connectivity index (χ0n) is 12.2. The standard InChI is InChI=1S/C13H29NO4/c1-13(2,3)14-10-12(15)11-18-9-8-17-7-5-6-16-4/h12,14-15H,5-11H2,1-4H3. The van der Waals surface area contributed by atoms with Gasteiger partial charge in [-0.15, -0.1) is 0 Å². The highest BCUT2D eigenvalue weighted by Gasteiger charge is 2.11. The largest absolute Gasteiger partial charge is 0.389 e. The Labute approximate surface area is 111 Å². The summed E-state index contributed by atoms with van der Waals surface area (Å²) in [5.41, 5.74) is 0.0193. The fraction of sp³-hybridized carbons (Fsp3) is 1.00. The highest BCUT2D eigenvalue weighted by molar-refractivity contribution is 4.72.